The molecule has 39 heavy (non-hydrogen) atoms. The van der Waals surface area contributed by atoms with Gasteiger partial charge in [-0.25, -0.2) is 9.48 Å². The number of carbonyl (C=O) groups is 2. The van der Waals surface area contributed by atoms with Crippen LogP contribution < -0.4 is 15.4 Å². The lowest BCUT2D eigenvalue weighted by molar-refractivity contribution is 0.102. The van der Waals surface area contributed by atoms with Gasteiger partial charge in [-0.3, -0.25) is 4.79 Å². The van der Waals surface area contributed by atoms with E-state index in [0.717, 1.165) is 11.1 Å². The molecule has 0 spiro atoms. The second kappa shape index (κ2) is 11.5. The van der Waals surface area contributed by atoms with Crippen LogP contribution in [-0.4, -0.2) is 44.3 Å². The van der Waals surface area contributed by atoms with Crippen LogP contribution in [0.25, 0.3) is 5.69 Å². The van der Waals surface area contributed by atoms with Crippen molar-refractivity contribution in [2.24, 2.45) is 5.41 Å². The molecule has 1 unspecified atom stereocenters. The predicted molar refractivity (Wildman–Crippen MR) is 150 cm³/mol. The van der Waals surface area contributed by atoms with Crippen molar-refractivity contribution >= 4 is 28.9 Å². The lowest BCUT2D eigenvalue weighted by atomic mass is 9.86. The van der Waals surface area contributed by atoms with Crippen LogP contribution in [0.3, 0.4) is 0 Å². The largest absolute Gasteiger partial charge is 0.612 e. The van der Waals surface area contributed by atoms with Gasteiger partial charge < -0.3 is 19.9 Å². The lowest BCUT2D eigenvalue weighted by Crippen LogP contribution is -2.34. The summed E-state index contributed by atoms with van der Waals surface area (Å²) in [6.07, 6.45) is 2.28. The Morgan fingerprint density at radius 1 is 1.15 bits per heavy atom. The van der Waals surface area contributed by atoms with E-state index in [9.17, 15) is 19.4 Å². The van der Waals surface area contributed by atoms with E-state index in [4.69, 9.17) is 4.74 Å². The van der Waals surface area contributed by atoms with Gasteiger partial charge in [-0.1, -0.05) is 57.9 Å². The van der Waals surface area contributed by atoms with Crippen molar-refractivity contribution in [2.75, 3.05) is 18.1 Å². The zero-order chi connectivity index (χ0) is 29.1. The first kappa shape index (κ1) is 29.7. The van der Waals surface area contributed by atoms with E-state index < -0.39 is 23.2 Å². The Kier molecular flexibility index (Phi) is 8.73. The molecule has 2 N–H and O–H groups in total. The van der Waals surface area contributed by atoms with Crippen LogP contribution in [-0.2, 0) is 16.6 Å². The fourth-order valence-corrected chi connectivity index (χ4v) is 4.45. The number of rotatable bonds is 6. The van der Waals surface area contributed by atoms with Gasteiger partial charge in [0.25, 0.3) is 11.8 Å². The number of nitriles is 1. The van der Waals surface area contributed by atoms with Crippen LogP contribution in [0.2, 0.25) is 0 Å². The first-order valence-corrected chi connectivity index (χ1v) is 13.9. The maximum Gasteiger partial charge on any atom is 0.414 e. The first-order chi connectivity index (χ1) is 18.1. The number of aryl methyl sites for hydroxylation is 1. The minimum atomic E-state index is -1.51. The Bertz CT molecular complexity index is 1430. The summed E-state index contributed by atoms with van der Waals surface area (Å²) >= 11 is -1.51. The highest BCUT2D eigenvalue weighted by Crippen LogP contribution is 2.33. The summed E-state index contributed by atoms with van der Waals surface area (Å²) in [6, 6.07) is 10.6. The number of hydrogen-bond acceptors (Lipinski definition) is 7. The molecule has 10 nitrogen and oxygen atoms in total. The van der Waals surface area contributed by atoms with Crippen molar-refractivity contribution in [3.05, 3.63) is 58.8 Å². The number of anilines is 1. The van der Waals surface area contributed by atoms with Crippen molar-refractivity contribution < 1.29 is 18.9 Å². The van der Waals surface area contributed by atoms with Crippen molar-refractivity contribution in [3.63, 3.8) is 0 Å². The molecule has 206 valence electrons. The molecular formula is C28H34N6O4S. The Labute approximate surface area is 231 Å². The molecule has 2 amide bonds. The number of ether oxygens (including phenoxy) is 1. The van der Waals surface area contributed by atoms with Gasteiger partial charge >= 0.3 is 6.09 Å². The van der Waals surface area contributed by atoms with Gasteiger partial charge in [0.15, 0.2) is 4.90 Å². The molecule has 0 fully saturated rings. The van der Waals surface area contributed by atoms with Crippen LogP contribution in [0.1, 0.15) is 68.6 Å². The molecule has 0 radical (unpaired) electrons. The highest BCUT2D eigenvalue weighted by atomic mass is 32.2. The number of benzene rings is 2. The molecule has 0 aliphatic carbocycles. The van der Waals surface area contributed by atoms with Gasteiger partial charge in [0.05, 0.1) is 17.6 Å². The standard InChI is InChI=1S/C28H34N6O4S/c1-17-9-10-18(12-22(17)34-15-23(32-33-34)38-26(36)30-16-27(2,3)4)25(35)31-21-13-20(28(5,6)7)11-19(14-29)24(21)39(8)37/h9-13,15H,16H2,1-8H3,(H,30,36)(H,31,35). The number of aromatic nitrogens is 3. The molecular weight excluding hydrogens is 516 g/mol. The Balaban J connectivity index is 1.88. The van der Waals surface area contributed by atoms with Crippen molar-refractivity contribution in [1.82, 2.24) is 20.3 Å². The molecule has 0 aliphatic rings. The topological polar surface area (TPSA) is 145 Å². The number of amides is 2. The second-order valence-electron chi connectivity index (χ2n) is 11.5. The molecule has 11 heteroatoms. The average Bonchev–Trinajstić information content (AvgIpc) is 3.29. The molecule has 2 aromatic carbocycles. The Hall–Kier alpha value is -3.88. The van der Waals surface area contributed by atoms with Gasteiger partial charge in [-0.15, -0.1) is 0 Å². The van der Waals surface area contributed by atoms with Crippen molar-refractivity contribution in [2.45, 2.75) is 58.8 Å². The third kappa shape index (κ3) is 7.59. The van der Waals surface area contributed by atoms with Gasteiger partial charge in [0.2, 0.25) is 0 Å². The molecule has 1 heterocycles. The number of hydrogen-bond donors (Lipinski definition) is 2. The highest BCUT2D eigenvalue weighted by molar-refractivity contribution is 7.91. The van der Waals surface area contributed by atoms with Crippen molar-refractivity contribution in [3.8, 4) is 17.6 Å². The second-order valence-corrected chi connectivity index (χ2v) is 12.8. The van der Waals surface area contributed by atoms with E-state index in [2.05, 4.69) is 27.0 Å². The maximum absolute atomic E-state index is 13.3. The van der Waals surface area contributed by atoms with Gasteiger partial charge in [-0.2, -0.15) is 5.26 Å². The van der Waals surface area contributed by atoms with Crippen LogP contribution in [0.4, 0.5) is 10.5 Å². The molecule has 0 aliphatic heterocycles. The predicted octanol–water partition coefficient (Wildman–Crippen LogP) is 4.87. The minimum absolute atomic E-state index is 0.00811. The molecule has 3 aromatic rings. The first-order valence-electron chi connectivity index (χ1n) is 12.3. The third-order valence-corrected chi connectivity index (χ3v) is 6.78. The summed E-state index contributed by atoms with van der Waals surface area (Å²) in [6.45, 7) is 14.2. The SMILES string of the molecule is Cc1ccc(C(=O)Nc2cc(C(C)(C)C)cc(C#N)c2[S+](C)[O-])cc1-n1cc(OC(=O)NCC(C)(C)C)nn1. The van der Waals surface area contributed by atoms with E-state index in [-0.39, 0.29) is 27.2 Å². The average molecular weight is 551 g/mol. The third-order valence-electron chi connectivity index (χ3n) is 5.76. The fraction of sp³-hybridized carbons (Fsp3) is 0.393. The molecule has 1 atom stereocenters. The minimum Gasteiger partial charge on any atom is -0.612 e. The number of carbonyl (C=O) groups excluding carboxylic acids is 2. The highest BCUT2D eigenvalue weighted by Gasteiger charge is 2.25. The summed E-state index contributed by atoms with van der Waals surface area (Å²) in [5.74, 6) is -0.440. The van der Waals surface area contributed by atoms with Crippen LogP contribution in [0.5, 0.6) is 5.88 Å². The van der Waals surface area contributed by atoms with Crippen LogP contribution in [0, 0.1) is 23.7 Å². The maximum atomic E-state index is 13.3. The Morgan fingerprint density at radius 2 is 1.85 bits per heavy atom. The van der Waals surface area contributed by atoms with Gasteiger partial charge in [0.1, 0.15) is 17.9 Å². The molecule has 0 saturated carbocycles. The number of nitrogens with zero attached hydrogens (tertiary/aromatic N) is 4. The molecule has 0 bridgehead atoms. The van der Waals surface area contributed by atoms with E-state index in [1.807, 2.05) is 48.5 Å². The van der Waals surface area contributed by atoms with Gasteiger partial charge in [-0.05, 0) is 64.3 Å². The van der Waals surface area contributed by atoms with E-state index in [1.165, 1.54) is 17.1 Å². The lowest BCUT2D eigenvalue weighted by Gasteiger charge is -2.22. The smallest absolute Gasteiger partial charge is 0.414 e. The quantitative estimate of drug-likeness (QED) is 0.417. The molecule has 1 aromatic heterocycles. The fourth-order valence-electron chi connectivity index (χ4n) is 3.62. The van der Waals surface area contributed by atoms with Crippen LogP contribution >= 0.6 is 0 Å². The van der Waals surface area contributed by atoms with E-state index >= 15 is 0 Å². The Morgan fingerprint density at radius 3 is 2.44 bits per heavy atom. The zero-order valence-corrected chi connectivity index (χ0v) is 24.3. The van der Waals surface area contributed by atoms with Crippen molar-refractivity contribution in [1.29, 1.82) is 5.26 Å². The monoisotopic (exact) mass is 550 g/mol. The summed E-state index contributed by atoms with van der Waals surface area (Å²) in [5, 5.41) is 23.2. The normalized spacial score (nSPS) is 12.4. The van der Waals surface area contributed by atoms with E-state index in [1.54, 1.807) is 30.3 Å². The summed E-state index contributed by atoms with van der Waals surface area (Å²) in [4.78, 5) is 25.7. The molecule has 0 saturated heterocycles. The van der Waals surface area contributed by atoms with Crippen LogP contribution in [0.15, 0.2) is 41.4 Å². The van der Waals surface area contributed by atoms with Gasteiger partial charge in [0, 0.05) is 12.1 Å². The zero-order valence-electron chi connectivity index (χ0n) is 23.5. The summed E-state index contributed by atoms with van der Waals surface area (Å²) in [7, 11) is 0. The summed E-state index contributed by atoms with van der Waals surface area (Å²) in [5.41, 5.74) is 2.67. The van der Waals surface area contributed by atoms with E-state index in [0.29, 0.717) is 23.5 Å². The molecule has 3 rings (SSSR count). The number of nitrogens with one attached hydrogen (secondary N) is 2. The summed E-state index contributed by atoms with van der Waals surface area (Å²) < 4.78 is 19.2.